The predicted molar refractivity (Wildman–Crippen MR) is 73.1 cm³/mol. The van der Waals surface area contributed by atoms with E-state index in [2.05, 4.69) is 19.6 Å². The van der Waals surface area contributed by atoms with Crippen molar-refractivity contribution in [2.24, 2.45) is 0 Å². The number of methoxy groups -OCH3 is 1. The zero-order valence-electron chi connectivity index (χ0n) is 11.2. The van der Waals surface area contributed by atoms with Crippen LogP contribution in [0.5, 0.6) is 5.75 Å². The Kier molecular flexibility index (Phi) is 3.55. The van der Waals surface area contributed by atoms with E-state index < -0.39 is 0 Å². The molecule has 2 rings (SSSR count). The molecule has 18 heavy (non-hydrogen) atoms. The van der Waals surface area contributed by atoms with Crippen molar-refractivity contribution >= 4 is 5.78 Å². The van der Waals surface area contributed by atoms with Crippen LogP contribution in [0.1, 0.15) is 37.3 Å². The number of ketones is 1. The first-order chi connectivity index (χ1) is 8.67. The minimum Gasteiger partial charge on any atom is -0.497 e. The Bertz CT molecular complexity index is 476. The first kappa shape index (κ1) is 12.9. The molecule has 1 aliphatic rings. The highest BCUT2D eigenvalue weighted by molar-refractivity contribution is 5.92. The van der Waals surface area contributed by atoms with Crippen LogP contribution in [-0.4, -0.2) is 12.9 Å². The van der Waals surface area contributed by atoms with E-state index in [1.54, 1.807) is 7.11 Å². The predicted octanol–water partition coefficient (Wildman–Crippen LogP) is 3.43. The molecule has 0 saturated carbocycles. The topological polar surface area (TPSA) is 26.3 Å². The van der Waals surface area contributed by atoms with E-state index in [0.717, 1.165) is 24.2 Å². The lowest BCUT2D eigenvalue weighted by Gasteiger charge is -2.36. The van der Waals surface area contributed by atoms with Gasteiger partial charge in [0.1, 0.15) is 11.5 Å². The maximum absolute atomic E-state index is 12.4. The summed E-state index contributed by atoms with van der Waals surface area (Å²) in [4.78, 5) is 12.4. The van der Waals surface area contributed by atoms with E-state index in [4.69, 9.17) is 4.74 Å². The average Bonchev–Trinajstić information content (AvgIpc) is 2.41. The molecule has 1 atom stereocenters. The summed E-state index contributed by atoms with van der Waals surface area (Å²) in [5.74, 6) is 1.16. The van der Waals surface area contributed by atoms with Gasteiger partial charge in [-0.05, 0) is 42.5 Å². The normalized spacial score (nSPS) is 22.4. The van der Waals surface area contributed by atoms with E-state index in [1.165, 1.54) is 5.56 Å². The number of fused-ring (bicyclic) bond motifs is 1. The highest BCUT2D eigenvalue weighted by atomic mass is 16.5. The summed E-state index contributed by atoms with van der Waals surface area (Å²) in [6.45, 7) is 5.89. The van der Waals surface area contributed by atoms with Crippen LogP contribution in [0.15, 0.2) is 30.9 Å². The number of rotatable bonds is 4. The molecule has 2 nitrogen and oxygen atoms in total. The third kappa shape index (κ3) is 1.86. The van der Waals surface area contributed by atoms with Gasteiger partial charge in [0.05, 0.1) is 12.5 Å². The molecule has 1 aromatic carbocycles. The van der Waals surface area contributed by atoms with Crippen LogP contribution in [0.4, 0.5) is 0 Å². The number of aryl methyl sites for hydroxylation is 1. The van der Waals surface area contributed by atoms with Crippen LogP contribution in [-0.2, 0) is 16.6 Å². The van der Waals surface area contributed by atoms with E-state index in [0.29, 0.717) is 18.6 Å². The number of allylic oxidation sites excluding steroid dienone is 1. The highest BCUT2D eigenvalue weighted by Crippen LogP contribution is 2.41. The number of carbonyl (C=O) groups excluding carboxylic acids is 1. The van der Waals surface area contributed by atoms with Crippen molar-refractivity contribution in [3.8, 4) is 5.75 Å². The third-order valence-corrected chi connectivity index (χ3v) is 4.08. The SMILES string of the molecule is C=CCC1(CC)C(=O)CCc2ccc(OC)cc21. The van der Waals surface area contributed by atoms with Crippen LogP contribution >= 0.6 is 0 Å². The highest BCUT2D eigenvalue weighted by Gasteiger charge is 2.41. The van der Waals surface area contributed by atoms with Gasteiger partial charge in [-0.15, -0.1) is 6.58 Å². The number of hydrogen-bond acceptors (Lipinski definition) is 2. The average molecular weight is 244 g/mol. The van der Waals surface area contributed by atoms with Crippen LogP contribution in [0.2, 0.25) is 0 Å². The van der Waals surface area contributed by atoms with Crippen LogP contribution in [0.3, 0.4) is 0 Å². The van der Waals surface area contributed by atoms with Gasteiger partial charge < -0.3 is 4.74 Å². The van der Waals surface area contributed by atoms with Gasteiger partial charge in [-0.2, -0.15) is 0 Å². The Labute approximate surface area is 109 Å². The fourth-order valence-electron chi connectivity index (χ4n) is 2.99. The molecule has 0 fully saturated rings. The molecular formula is C16H20O2. The summed E-state index contributed by atoms with van der Waals surface area (Å²) in [5, 5.41) is 0. The minimum absolute atomic E-state index is 0.339. The van der Waals surface area contributed by atoms with Crippen molar-refractivity contribution in [1.82, 2.24) is 0 Å². The quantitative estimate of drug-likeness (QED) is 0.758. The van der Waals surface area contributed by atoms with E-state index in [1.807, 2.05) is 18.2 Å². The van der Waals surface area contributed by atoms with Gasteiger partial charge in [0.2, 0.25) is 0 Å². The Morgan fingerprint density at radius 2 is 2.22 bits per heavy atom. The molecule has 1 aromatic rings. The second-order valence-corrected chi connectivity index (χ2v) is 4.87. The minimum atomic E-state index is -0.385. The number of Topliss-reactive ketones (excluding diaryl/α,β-unsaturated/α-hetero) is 1. The monoisotopic (exact) mass is 244 g/mol. The molecule has 1 aliphatic carbocycles. The van der Waals surface area contributed by atoms with Gasteiger partial charge in [0.15, 0.2) is 0 Å². The molecule has 0 radical (unpaired) electrons. The first-order valence-electron chi connectivity index (χ1n) is 6.49. The lowest BCUT2D eigenvalue weighted by Crippen LogP contribution is -2.39. The van der Waals surface area contributed by atoms with Crippen LogP contribution < -0.4 is 4.74 Å². The van der Waals surface area contributed by atoms with Crippen molar-refractivity contribution in [3.63, 3.8) is 0 Å². The summed E-state index contributed by atoms with van der Waals surface area (Å²) >= 11 is 0. The Hall–Kier alpha value is -1.57. The molecule has 1 unspecified atom stereocenters. The summed E-state index contributed by atoms with van der Waals surface area (Å²) in [5.41, 5.74) is 2.03. The van der Waals surface area contributed by atoms with Gasteiger partial charge in [-0.3, -0.25) is 4.79 Å². The maximum atomic E-state index is 12.4. The second kappa shape index (κ2) is 4.97. The molecule has 0 bridgehead atoms. The zero-order chi connectivity index (χ0) is 13.2. The molecule has 0 amide bonds. The van der Waals surface area contributed by atoms with Gasteiger partial charge in [0.25, 0.3) is 0 Å². The molecule has 0 aliphatic heterocycles. The summed E-state index contributed by atoms with van der Waals surface area (Å²) in [6.07, 6.45) is 4.87. The Morgan fingerprint density at radius 3 is 2.83 bits per heavy atom. The maximum Gasteiger partial charge on any atom is 0.144 e. The number of carbonyl (C=O) groups is 1. The number of benzene rings is 1. The molecule has 96 valence electrons. The molecule has 0 saturated heterocycles. The van der Waals surface area contributed by atoms with Crippen molar-refractivity contribution in [2.75, 3.05) is 7.11 Å². The van der Waals surface area contributed by atoms with Gasteiger partial charge >= 0.3 is 0 Å². The van der Waals surface area contributed by atoms with Gasteiger partial charge in [-0.1, -0.05) is 19.1 Å². The third-order valence-electron chi connectivity index (χ3n) is 4.08. The molecule has 0 heterocycles. The Morgan fingerprint density at radius 1 is 1.44 bits per heavy atom. The van der Waals surface area contributed by atoms with Gasteiger partial charge in [0, 0.05) is 6.42 Å². The Balaban J connectivity index is 2.60. The van der Waals surface area contributed by atoms with E-state index in [-0.39, 0.29) is 5.41 Å². The lowest BCUT2D eigenvalue weighted by molar-refractivity contribution is -0.125. The summed E-state index contributed by atoms with van der Waals surface area (Å²) < 4.78 is 5.29. The van der Waals surface area contributed by atoms with Crippen LogP contribution in [0, 0.1) is 0 Å². The number of ether oxygens (including phenoxy) is 1. The molecule has 0 spiro atoms. The van der Waals surface area contributed by atoms with Crippen molar-refractivity contribution < 1.29 is 9.53 Å². The van der Waals surface area contributed by atoms with Crippen molar-refractivity contribution in [2.45, 2.75) is 38.0 Å². The summed E-state index contributed by atoms with van der Waals surface area (Å²) in [7, 11) is 1.66. The lowest BCUT2D eigenvalue weighted by atomic mass is 9.65. The standard InChI is InChI=1S/C16H20O2/c1-4-10-16(5-2)14-11-13(18-3)8-6-12(14)7-9-15(16)17/h4,6,8,11H,1,5,7,9-10H2,2-3H3. The van der Waals surface area contributed by atoms with E-state index in [9.17, 15) is 4.79 Å². The van der Waals surface area contributed by atoms with E-state index >= 15 is 0 Å². The zero-order valence-corrected chi connectivity index (χ0v) is 11.2. The molecule has 2 heteroatoms. The van der Waals surface area contributed by atoms with Crippen molar-refractivity contribution in [3.05, 3.63) is 42.0 Å². The second-order valence-electron chi connectivity index (χ2n) is 4.87. The fourth-order valence-corrected chi connectivity index (χ4v) is 2.99. The van der Waals surface area contributed by atoms with Gasteiger partial charge in [-0.25, -0.2) is 0 Å². The van der Waals surface area contributed by atoms with Crippen molar-refractivity contribution in [1.29, 1.82) is 0 Å². The first-order valence-corrected chi connectivity index (χ1v) is 6.49. The smallest absolute Gasteiger partial charge is 0.144 e. The number of hydrogen-bond donors (Lipinski definition) is 0. The molecule has 0 N–H and O–H groups in total. The summed E-state index contributed by atoms with van der Waals surface area (Å²) in [6, 6.07) is 6.09. The van der Waals surface area contributed by atoms with Crippen LogP contribution in [0.25, 0.3) is 0 Å². The largest absolute Gasteiger partial charge is 0.497 e. The molecule has 0 aromatic heterocycles. The molecular weight excluding hydrogens is 224 g/mol. The fraction of sp³-hybridized carbons (Fsp3) is 0.438.